The van der Waals surface area contributed by atoms with E-state index >= 15 is 0 Å². The molecule has 2 amide bonds. The first-order chi connectivity index (χ1) is 16.1. The average molecular weight is 553 g/mol. The highest BCUT2D eigenvalue weighted by Gasteiger charge is 2.32. The third-order valence-corrected chi connectivity index (χ3v) is 7.25. The van der Waals surface area contributed by atoms with Gasteiger partial charge < -0.3 is 10.2 Å². The molecule has 0 aliphatic carbocycles. The molecule has 0 aliphatic rings. The highest BCUT2D eigenvalue weighted by molar-refractivity contribution is 9.10. The molecule has 2 rings (SSSR count). The van der Waals surface area contributed by atoms with Crippen LogP contribution in [0.25, 0.3) is 0 Å². The molecule has 0 heterocycles. The maximum absolute atomic E-state index is 13.6. The fourth-order valence-corrected chi connectivity index (χ4v) is 5.16. The Kier molecular flexibility index (Phi) is 10.6. The van der Waals surface area contributed by atoms with Crippen LogP contribution in [0.5, 0.6) is 0 Å². The second kappa shape index (κ2) is 12.9. The van der Waals surface area contributed by atoms with Crippen LogP contribution in [-0.2, 0) is 26.2 Å². The minimum atomic E-state index is -3.76. The van der Waals surface area contributed by atoms with Crippen molar-refractivity contribution in [2.24, 2.45) is 0 Å². The van der Waals surface area contributed by atoms with Crippen molar-refractivity contribution in [3.63, 3.8) is 0 Å². The minimum absolute atomic E-state index is 0.202. The first-order valence-electron chi connectivity index (χ1n) is 11.4. The van der Waals surface area contributed by atoms with Crippen molar-refractivity contribution in [3.05, 3.63) is 64.1 Å². The zero-order chi connectivity index (χ0) is 25.3. The molecular formula is C25H34BrN3O4S. The van der Waals surface area contributed by atoms with E-state index in [1.165, 1.54) is 4.90 Å². The number of hydrogen-bond acceptors (Lipinski definition) is 4. The van der Waals surface area contributed by atoms with Crippen molar-refractivity contribution in [1.29, 1.82) is 0 Å². The van der Waals surface area contributed by atoms with Gasteiger partial charge in [0.2, 0.25) is 21.8 Å². The Morgan fingerprint density at radius 1 is 1.09 bits per heavy atom. The predicted molar refractivity (Wildman–Crippen MR) is 140 cm³/mol. The lowest BCUT2D eigenvalue weighted by atomic mass is 10.1. The lowest BCUT2D eigenvalue weighted by Crippen LogP contribution is -2.52. The van der Waals surface area contributed by atoms with Crippen LogP contribution in [0, 0.1) is 6.92 Å². The van der Waals surface area contributed by atoms with Gasteiger partial charge in [0.25, 0.3) is 0 Å². The molecule has 186 valence electrons. The summed E-state index contributed by atoms with van der Waals surface area (Å²) in [6.07, 6.45) is 3.26. The summed E-state index contributed by atoms with van der Waals surface area (Å²) in [6.45, 7) is 6.18. The van der Waals surface area contributed by atoms with E-state index < -0.39 is 28.5 Å². The van der Waals surface area contributed by atoms with E-state index in [4.69, 9.17) is 0 Å². The number of aryl methyl sites for hydroxylation is 1. The van der Waals surface area contributed by atoms with Crippen LogP contribution >= 0.6 is 15.9 Å². The van der Waals surface area contributed by atoms with Crippen molar-refractivity contribution >= 4 is 43.5 Å². The molecule has 0 spiro atoms. The highest BCUT2D eigenvalue weighted by atomic mass is 79.9. The number of halogens is 1. The average Bonchev–Trinajstić information content (AvgIpc) is 2.77. The number of anilines is 1. The van der Waals surface area contributed by atoms with Crippen molar-refractivity contribution in [2.45, 2.75) is 52.6 Å². The second-order valence-corrected chi connectivity index (χ2v) is 11.1. The van der Waals surface area contributed by atoms with E-state index in [0.717, 1.165) is 34.5 Å². The number of carbonyl (C=O) groups excluding carboxylic acids is 2. The molecule has 0 bridgehead atoms. The minimum Gasteiger partial charge on any atom is -0.354 e. The summed E-state index contributed by atoms with van der Waals surface area (Å²) in [5.74, 6) is -0.677. The van der Waals surface area contributed by atoms with Gasteiger partial charge in [-0.25, -0.2) is 8.42 Å². The molecule has 2 aromatic rings. The zero-order valence-electron chi connectivity index (χ0n) is 20.3. The molecule has 0 radical (unpaired) electrons. The molecule has 0 saturated heterocycles. The monoisotopic (exact) mass is 551 g/mol. The highest BCUT2D eigenvalue weighted by Crippen LogP contribution is 2.28. The van der Waals surface area contributed by atoms with Crippen molar-refractivity contribution < 1.29 is 18.0 Å². The molecular weight excluding hydrogens is 518 g/mol. The number of para-hydroxylation sites is 1. The third-order valence-electron chi connectivity index (χ3n) is 5.45. The smallest absolute Gasteiger partial charge is 0.244 e. The molecule has 1 atom stereocenters. The van der Waals surface area contributed by atoms with Crippen LogP contribution in [0.2, 0.25) is 0 Å². The summed E-state index contributed by atoms with van der Waals surface area (Å²) >= 11 is 3.38. The van der Waals surface area contributed by atoms with Crippen LogP contribution in [0.3, 0.4) is 0 Å². The summed E-state index contributed by atoms with van der Waals surface area (Å²) < 4.78 is 26.9. The predicted octanol–water partition coefficient (Wildman–Crippen LogP) is 4.25. The van der Waals surface area contributed by atoms with Gasteiger partial charge in [-0.1, -0.05) is 62.2 Å². The van der Waals surface area contributed by atoms with Crippen LogP contribution in [0.1, 0.15) is 44.2 Å². The number of nitrogens with one attached hydrogen (secondary N) is 1. The molecule has 0 unspecified atom stereocenters. The number of amides is 2. The Hall–Kier alpha value is -2.39. The van der Waals surface area contributed by atoms with Gasteiger partial charge in [-0.3, -0.25) is 13.9 Å². The zero-order valence-corrected chi connectivity index (χ0v) is 22.7. The summed E-state index contributed by atoms with van der Waals surface area (Å²) in [5.41, 5.74) is 2.28. The maximum atomic E-state index is 13.6. The number of rotatable bonds is 12. The van der Waals surface area contributed by atoms with Crippen LogP contribution in [0.15, 0.2) is 53.0 Å². The fraction of sp³-hybridized carbons (Fsp3) is 0.440. The molecule has 7 nitrogen and oxygen atoms in total. The number of benzene rings is 2. The van der Waals surface area contributed by atoms with Gasteiger partial charge in [0.15, 0.2) is 0 Å². The Bertz CT molecular complexity index is 1090. The van der Waals surface area contributed by atoms with Gasteiger partial charge in [0.1, 0.15) is 12.6 Å². The van der Waals surface area contributed by atoms with Gasteiger partial charge in [-0.2, -0.15) is 0 Å². The lowest BCUT2D eigenvalue weighted by molar-refractivity contribution is -0.140. The van der Waals surface area contributed by atoms with Gasteiger partial charge >= 0.3 is 0 Å². The molecule has 0 saturated carbocycles. The Morgan fingerprint density at radius 3 is 2.38 bits per heavy atom. The fourth-order valence-electron chi connectivity index (χ4n) is 3.68. The second-order valence-electron chi connectivity index (χ2n) is 8.30. The van der Waals surface area contributed by atoms with E-state index in [9.17, 15) is 18.0 Å². The Morgan fingerprint density at radius 2 is 1.79 bits per heavy atom. The van der Waals surface area contributed by atoms with Crippen LogP contribution < -0.4 is 9.62 Å². The third kappa shape index (κ3) is 7.84. The van der Waals surface area contributed by atoms with Crippen LogP contribution in [-0.4, -0.2) is 50.5 Å². The van der Waals surface area contributed by atoms with Crippen molar-refractivity contribution in [3.8, 4) is 0 Å². The quantitative estimate of drug-likeness (QED) is 0.399. The van der Waals surface area contributed by atoms with Crippen molar-refractivity contribution in [1.82, 2.24) is 10.2 Å². The Labute approximate surface area is 211 Å². The van der Waals surface area contributed by atoms with Gasteiger partial charge in [0, 0.05) is 17.6 Å². The van der Waals surface area contributed by atoms with E-state index in [1.807, 2.05) is 45.0 Å². The number of carbonyl (C=O) groups is 2. The van der Waals surface area contributed by atoms with E-state index in [0.29, 0.717) is 23.1 Å². The molecule has 0 aliphatic heterocycles. The SMILES string of the molecule is CCCCNC(=O)[C@H](CC)N(Cc1cccc(C)c1)C(=O)CN(c1ccccc1Br)S(C)(=O)=O. The molecule has 34 heavy (non-hydrogen) atoms. The van der Waals surface area contributed by atoms with Gasteiger partial charge in [-0.05, 0) is 53.4 Å². The first kappa shape index (κ1) is 27.9. The molecule has 2 aromatic carbocycles. The van der Waals surface area contributed by atoms with E-state index in [-0.39, 0.29) is 12.5 Å². The summed E-state index contributed by atoms with van der Waals surface area (Å²) in [6, 6.07) is 13.8. The summed E-state index contributed by atoms with van der Waals surface area (Å²) in [7, 11) is -3.76. The summed E-state index contributed by atoms with van der Waals surface area (Å²) in [5, 5.41) is 2.92. The van der Waals surface area contributed by atoms with Gasteiger partial charge in [0.05, 0.1) is 11.9 Å². The standard InChI is InChI=1S/C25H34BrN3O4S/c1-5-7-15-27-25(31)22(6-2)28(17-20-12-10-11-19(3)16-20)24(30)18-29(34(4,32)33)23-14-9-8-13-21(23)26/h8-14,16,22H,5-7,15,17-18H2,1-4H3,(H,27,31)/t22-/m0/s1. The van der Waals surface area contributed by atoms with Gasteiger partial charge in [-0.15, -0.1) is 0 Å². The topological polar surface area (TPSA) is 86.8 Å². The van der Waals surface area contributed by atoms with E-state index in [1.54, 1.807) is 24.3 Å². The normalized spacial score (nSPS) is 12.1. The molecule has 1 N–H and O–H groups in total. The number of sulfonamides is 1. The first-order valence-corrected chi connectivity index (χ1v) is 14.1. The molecule has 9 heteroatoms. The lowest BCUT2D eigenvalue weighted by Gasteiger charge is -2.33. The summed E-state index contributed by atoms with van der Waals surface area (Å²) in [4.78, 5) is 28.1. The van der Waals surface area contributed by atoms with Crippen molar-refractivity contribution in [2.75, 3.05) is 23.7 Å². The molecule has 0 fully saturated rings. The Balaban J connectivity index is 2.41. The van der Waals surface area contributed by atoms with E-state index in [2.05, 4.69) is 21.2 Å². The van der Waals surface area contributed by atoms with Crippen LogP contribution in [0.4, 0.5) is 5.69 Å². The largest absolute Gasteiger partial charge is 0.354 e. The number of nitrogens with zero attached hydrogens (tertiary/aromatic N) is 2. The molecule has 0 aromatic heterocycles. The number of hydrogen-bond donors (Lipinski definition) is 1. The number of unbranched alkanes of at least 4 members (excludes halogenated alkanes) is 1. The maximum Gasteiger partial charge on any atom is 0.244 e.